The number of pyridine rings is 1. The van der Waals surface area contributed by atoms with E-state index in [-0.39, 0.29) is 0 Å². The summed E-state index contributed by atoms with van der Waals surface area (Å²) < 4.78 is 1.66. The molecule has 2 aromatic rings. The van der Waals surface area contributed by atoms with Gasteiger partial charge in [0.25, 0.3) is 0 Å². The SMILES string of the molecule is Clc1ncccc1-n1cc(C2=CCNCC2)nn1. The van der Waals surface area contributed by atoms with Crippen LogP contribution in [0.15, 0.2) is 30.6 Å². The van der Waals surface area contributed by atoms with Crippen LogP contribution in [0.3, 0.4) is 0 Å². The smallest absolute Gasteiger partial charge is 0.154 e. The van der Waals surface area contributed by atoms with Crippen molar-refractivity contribution in [3.05, 3.63) is 41.4 Å². The second kappa shape index (κ2) is 4.88. The molecule has 0 saturated heterocycles. The molecule has 3 heterocycles. The highest BCUT2D eigenvalue weighted by molar-refractivity contribution is 6.31. The van der Waals surface area contributed by atoms with Gasteiger partial charge in [0.05, 0.1) is 6.20 Å². The van der Waals surface area contributed by atoms with Crippen LogP contribution in [0.2, 0.25) is 5.15 Å². The summed E-state index contributed by atoms with van der Waals surface area (Å²) in [6, 6.07) is 3.69. The van der Waals surface area contributed by atoms with Crippen molar-refractivity contribution in [3.63, 3.8) is 0 Å². The Morgan fingerprint density at radius 2 is 2.33 bits per heavy atom. The predicted molar refractivity (Wildman–Crippen MR) is 69.6 cm³/mol. The van der Waals surface area contributed by atoms with Crippen molar-refractivity contribution in [3.8, 4) is 5.69 Å². The summed E-state index contributed by atoms with van der Waals surface area (Å²) in [5.41, 5.74) is 2.86. The first-order chi connectivity index (χ1) is 8.84. The zero-order valence-corrected chi connectivity index (χ0v) is 10.4. The maximum absolute atomic E-state index is 6.03. The van der Waals surface area contributed by atoms with Crippen molar-refractivity contribution in [2.45, 2.75) is 6.42 Å². The monoisotopic (exact) mass is 261 g/mol. The van der Waals surface area contributed by atoms with Gasteiger partial charge in [-0.15, -0.1) is 5.10 Å². The van der Waals surface area contributed by atoms with Gasteiger partial charge in [-0.05, 0) is 30.7 Å². The average Bonchev–Trinajstić information content (AvgIpc) is 2.90. The number of hydrogen-bond acceptors (Lipinski definition) is 4. The van der Waals surface area contributed by atoms with Gasteiger partial charge < -0.3 is 5.32 Å². The van der Waals surface area contributed by atoms with Crippen LogP contribution in [0, 0.1) is 0 Å². The Kier molecular flexibility index (Phi) is 3.08. The first-order valence-corrected chi connectivity index (χ1v) is 6.16. The van der Waals surface area contributed by atoms with E-state index in [1.165, 1.54) is 5.57 Å². The Bertz CT molecular complexity index is 590. The first-order valence-electron chi connectivity index (χ1n) is 5.78. The van der Waals surface area contributed by atoms with Crippen molar-refractivity contribution >= 4 is 17.2 Å². The number of nitrogens with one attached hydrogen (secondary N) is 1. The van der Waals surface area contributed by atoms with Crippen LogP contribution in [0.4, 0.5) is 0 Å². The molecule has 0 aliphatic carbocycles. The van der Waals surface area contributed by atoms with Gasteiger partial charge in [0.2, 0.25) is 0 Å². The van der Waals surface area contributed by atoms with Crippen LogP contribution in [0.5, 0.6) is 0 Å². The molecule has 0 radical (unpaired) electrons. The molecule has 0 bridgehead atoms. The van der Waals surface area contributed by atoms with E-state index in [0.29, 0.717) is 5.15 Å². The number of nitrogens with zero attached hydrogens (tertiary/aromatic N) is 4. The standard InChI is InChI=1S/C12H12ClN5/c13-12-11(2-1-5-15-12)18-8-10(16-17-18)9-3-6-14-7-4-9/h1-3,5,8,14H,4,6-7H2. The fourth-order valence-electron chi connectivity index (χ4n) is 1.93. The van der Waals surface area contributed by atoms with E-state index in [9.17, 15) is 0 Å². The molecule has 1 aliphatic heterocycles. The highest BCUT2D eigenvalue weighted by Gasteiger charge is 2.11. The van der Waals surface area contributed by atoms with Crippen molar-refractivity contribution < 1.29 is 0 Å². The Morgan fingerprint density at radius 1 is 1.39 bits per heavy atom. The zero-order valence-electron chi connectivity index (χ0n) is 9.67. The van der Waals surface area contributed by atoms with Crippen LogP contribution >= 0.6 is 11.6 Å². The molecule has 0 atom stereocenters. The quantitative estimate of drug-likeness (QED) is 0.836. The van der Waals surface area contributed by atoms with E-state index in [1.54, 1.807) is 10.9 Å². The fraction of sp³-hybridized carbons (Fsp3) is 0.250. The lowest BCUT2D eigenvalue weighted by Gasteiger charge is -2.10. The van der Waals surface area contributed by atoms with Crippen LogP contribution in [-0.2, 0) is 0 Å². The van der Waals surface area contributed by atoms with Gasteiger partial charge in [-0.25, -0.2) is 9.67 Å². The van der Waals surface area contributed by atoms with Gasteiger partial charge in [-0.3, -0.25) is 0 Å². The van der Waals surface area contributed by atoms with Gasteiger partial charge in [-0.2, -0.15) is 0 Å². The molecule has 0 amide bonds. The molecular formula is C12H12ClN5. The van der Waals surface area contributed by atoms with E-state index < -0.39 is 0 Å². The summed E-state index contributed by atoms with van der Waals surface area (Å²) in [7, 11) is 0. The number of hydrogen-bond donors (Lipinski definition) is 1. The summed E-state index contributed by atoms with van der Waals surface area (Å²) in [5.74, 6) is 0. The third-order valence-electron chi connectivity index (χ3n) is 2.87. The Balaban J connectivity index is 1.94. The van der Waals surface area contributed by atoms with Gasteiger partial charge in [0, 0.05) is 12.7 Å². The Labute approximate surface area is 109 Å². The molecule has 92 valence electrons. The summed E-state index contributed by atoms with van der Waals surface area (Å²) in [4.78, 5) is 4.03. The normalized spacial score (nSPS) is 15.5. The first kappa shape index (κ1) is 11.4. The van der Waals surface area contributed by atoms with Crippen molar-refractivity contribution in [1.82, 2.24) is 25.3 Å². The van der Waals surface area contributed by atoms with E-state index in [4.69, 9.17) is 11.6 Å². The highest BCUT2D eigenvalue weighted by Crippen LogP contribution is 2.20. The van der Waals surface area contributed by atoms with Gasteiger partial charge in [0.1, 0.15) is 11.4 Å². The van der Waals surface area contributed by atoms with E-state index in [0.717, 1.165) is 30.9 Å². The number of aromatic nitrogens is 4. The minimum atomic E-state index is 0.424. The summed E-state index contributed by atoms with van der Waals surface area (Å²) in [6.07, 6.45) is 6.65. The molecule has 1 N–H and O–H groups in total. The molecule has 5 nitrogen and oxygen atoms in total. The molecule has 0 aromatic carbocycles. The molecular weight excluding hydrogens is 250 g/mol. The lowest BCUT2D eigenvalue weighted by Crippen LogP contribution is -2.20. The molecule has 0 spiro atoms. The highest BCUT2D eigenvalue weighted by atomic mass is 35.5. The predicted octanol–water partition coefficient (Wildman–Crippen LogP) is 1.69. The molecule has 3 rings (SSSR count). The zero-order chi connectivity index (χ0) is 12.4. The second-order valence-corrected chi connectivity index (χ2v) is 4.40. The number of rotatable bonds is 2. The maximum Gasteiger partial charge on any atom is 0.154 e. The molecule has 1 aliphatic rings. The fourth-order valence-corrected chi connectivity index (χ4v) is 2.14. The molecule has 2 aromatic heterocycles. The second-order valence-electron chi connectivity index (χ2n) is 4.05. The Morgan fingerprint density at radius 3 is 3.11 bits per heavy atom. The summed E-state index contributed by atoms with van der Waals surface area (Å²) in [5, 5.41) is 12.0. The van der Waals surface area contributed by atoms with E-state index in [1.807, 2.05) is 18.3 Å². The molecule has 0 fully saturated rings. The lowest BCUT2D eigenvalue weighted by atomic mass is 10.1. The van der Waals surface area contributed by atoms with Crippen molar-refractivity contribution in [2.75, 3.05) is 13.1 Å². The average molecular weight is 262 g/mol. The molecule has 6 heteroatoms. The van der Waals surface area contributed by atoms with Crippen LogP contribution in [0.1, 0.15) is 12.1 Å². The van der Waals surface area contributed by atoms with Crippen LogP contribution < -0.4 is 5.32 Å². The lowest BCUT2D eigenvalue weighted by molar-refractivity contribution is 0.736. The number of halogens is 1. The summed E-state index contributed by atoms with van der Waals surface area (Å²) >= 11 is 6.03. The van der Waals surface area contributed by atoms with E-state index >= 15 is 0 Å². The van der Waals surface area contributed by atoms with Crippen LogP contribution in [-0.4, -0.2) is 33.1 Å². The molecule has 18 heavy (non-hydrogen) atoms. The molecule has 0 saturated carbocycles. The van der Waals surface area contributed by atoms with Crippen molar-refractivity contribution in [2.24, 2.45) is 0 Å². The van der Waals surface area contributed by atoms with Crippen molar-refractivity contribution in [1.29, 1.82) is 0 Å². The Hall–Kier alpha value is -1.72. The third kappa shape index (κ3) is 2.14. The molecule has 0 unspecified atom stereocenters. The van der Waals surface area contributed by atoms with E-state index in [2.05, 4.69) is 26.7 Å². The minimum Gasteiger partial charge on any atom is -0.313 e. The topological polar surface area (TPSA) is 55.6 Å². The third-order valence-corrected chi connectivity index (χ3v) is 3.16. The largest absolute Gasteiger partial charge is 0.313 e. The van der Waals surface area contributed by atoms with Gasteiger partial charge >= 0.3 is 0 Å². The van der Waals surface area contributed by atoms with Gasteiger partial charge in [-0.1, -0.05) is 22.9 Å². The summed E-state index contributed by atoms with van der Waals surface area (Å²) in [6.45, 7) is 1.86. The van der Waals surface area contributed by atoms with Crippen LogP contribution in [0.25, 0.3) is 11.3 Å². The minimum absolute atomic E-state index is 0.424. The van der Waals surface area contributed by atoms with Gasteiger partial charge in [0.15, 0.2) is 5.15 Å². The maximum atomic E-state index is 6.03.